The second-order valence-corrected chi connectivity index (χ2v) is 8.25. The van der Waals surface area contributed by atoms with Gasteiger partial charge in [0.2, 0.25) is 0 Å². The molecule has 0 atom stereocenters. The fourth-order valence-electron chi connectivity index (χ4n) is 3.09. The van der Waals surface area contributed by atoms with Gasteiger partial charge in [-0.3, -0.25) is 10.1 Å². The number of hydrogen-bond donors (Lipinski definition) is 0. The lowest BCUT2D eigenvalue weighted by molar-refractivity contribution is -0.384. The van der Waals surface area contributed by atoms with E-state index in [1.807, 2.05) is 24.3 Å². The minimum Gasteiger partial charge on any atom is -0.488 e. The van der Waals surface area contributed by atoms with Crippen LogP contribution in [0, 0.1) is 21.4 Å². The SMILES string of the molecule is CC(C)(C)c1ccc(COc2ccccc2C=C(C#N)c2ccc([N+](=O)[O-])cc2)cc1. The summed E-state index contributed by atoms with van der Waals surface area (Å²) in [6.07, 6.45) is 1.74. The molecule has 0 amide bonds. The Kier molecular flexibility index (Phi) is 6.52. The highest BCUT2D eigenvalue weighted by Crippen LogP contribution is 2.27. The number of non-ortho nitro benzene ring substituents is 1. The highest BCUT2D eigenvalue weighted by atomic mass is 16.6. The highest BCUT2D eigenvalue weighted by Gasteiger charge is 2.13. The van der Waals surface area contributed by atoms with E-state index in [-0.39, 0.29) is 11.1 Å². The van der Waals surface area contributed by atoms with Crippen LogP contribution in [0.3, 0.4) is 0 Å². The first-order valence-electron chi connectivity index (χ1n) is 9.96. The molecule has 0 aromatic heterocycles. The number of ether oxygens (including phenoxy) is 1. The van der Waals surface area contributed by atoms with E-state index in [0.717, 1.165) is 11.1 Å². The van der Waals surface area contributed by atoms with Crippen molar-refractivity contribution in [3.05, 3.63) is 105 Å². The fourth-order valence-corrected chi connectivity index (χ4v) is 3.09. The average molecular weight is 412 g/mol. The zero-order valence-electron chi connectivity index (χ0n) is 17.8. The summed E-state index contributed by atoms with van der Waals surface area (Å²) in [4.78, 5) is 10.4. The number of nitro groups is 1. The normalized spacial score (nSPS) is 11.6. The average Bonchev–Trinajstić information content (AvgIpc) is 2.76. The van der Waals surface area contributed by atoms with Gasteiger partial charge in [0, 0.05) is 17.7 Å². The summed E-state index contributed by atoms with van der Waals surface area (Å²) in [6, 6.07) is 24.0. The van der Waals surface area contributed by atoms with Gasteiger partial charge in [0.25, 0.3) is 5.69 Å². The van der Waals surface area contributed by atoms with Gasteiger partial charge >= 0.3 is 0 Å². The molecule has 0 aliphatic rings. The van der Waals surface area contributed by atoms with Crippen molar-refractivity contribution in [1.82, 2.24) is 0 Å². The first-order chi connectivity index (χ1) is 14.8. The second-order valence-electron chi connectivity index (χ2n) is 8.25. The van der Waals surface area contributed by atoms with Crippen molar-refractivity contribution in [2.75, 3.05) is 0 Å². The summed E-state index contributed by atoms with van der Waals surface area (Å²) in [5.74, 6) is 0.664. The molecule has 0 N–H and O–H groups in total. The van der Waals surface area contributed by atoms with Crippen LogP contribution >= 0.6 is 0 Å². The Hall–Kier alpha value is -3.91. The summed E-state index contributed by atoms with van der Waals surface area (Å²) >= 11 is 0. The molecule has 31 heavy (non-hydrogen) atoms. The molecule has 0 fully saturated rings. The number of hydrogen-bond acceptors (Lipinski definition) is 4. The number of nitriles is 1. The van der Waals surface area contributed by atoms with Gasteiger partial charge < -0.3 is 4.74 Å². The number of allylic oxidation sites excluding steroid dienone is 1. The van der Waals surface area contributed by atoms with Crippen LogP contribution in [0.1, 0.15) is 43.0 Å². The predicted molar refractivity (Wildman–Crippen MR) is 122 cm³/mol. The topological polar surface area (TPSA) is 76.2 Å². The monoisotopic (exact) mass is 412 g/mol. The number of benzene rings is 3. The quantitative estimate of drug-likeness (QED) is 0.199. The van der Waals surface area contributed by atoms with Gasteiger partial charge in [-0.15, -0.1) is 0 Å². The number of rotatable bonds is 6. The van der Waals surface area contributed by atoms with Crippen LogP contribution in [0.2, 0.25) is 0 Å². The van der Waals surface area contributed by atoms with Gasteiger partial charge in [-0.1, -0.05) is 63.2 Å². The summed E-state index contributed by atoms with van der Waals surface area (Å²) < 4.78 is 6.04. The lowest BCUT2D eigenvalue weighted by atomic mass is 9.87. The Bertz CT molecular complexity index is 1130. The molecule has 0 bridgehead atoms. The van der Waals surface area contributed by atoms with Gasteiger partial charge in [-0.05, 0) is 46.4 Å². The van der Waals surface area contributed by atoms with Crippen LogP contribution in [0.15, 0.2) is 72.8 Å². The molecule has 3 aromatic rings. The number of para-hydroxylation sites is 1. The lowest BCUT2D eigenvalue weighted by Gasteiger charge is -2.19. The number of nitro benzene ring substituents is 1. The first kappa shape index (κ1) is 21.8. The Balaban J connectivity index is 1.80. The maximum Gasteiger partial charge on any atom is 0.269 e. The second kappa shape index (κ2) is 9.27. The molecular formula is C26H24N2O3. The fraction of sp³-hybridized carbons (Fsp3) is 0.192. The van der Waals surface area contributed by atoms with E-state index in [0.29, 0.717) is 23.5 Å². The third-order valence-corrected chi connectivity index (χ3v) is 4.94. The minimum atomic E-state index is -0.462. The molecule has 5 heteroatoms. The molecule has 0 radical (unpaired) electrons. The van der Waals surface area contributed by atoms with Crippen molar-refractivity contribution in [2.24, 2.45) is 0 Å². The third-order valence-electron chi connectivity index (χ3n) is 4.94. The van der Waals surface area contributed by atoms with Crippen LogP contribution in [0.4, 0.5) is 5.69 Å². The van der Waals surface area contributed by atoms with Crippen molar-refractivity contribution in [3.63, 3.8) is 0 Å². The van der Waals surface area contributed by atoms with Crippen LogP contribution in [-0.4, -0.2) is 4.92 Å². The third kappa shape index (κ3) is 5.58. The number of nitrogens with zero attached hydrogens (tertiary/aromatic N) is 2. The Morgan fingerprint density at radius 3 is 2.26 bits per heavy atom. The molecule has 0 aliphatic heterocycles. The summed E-state index contributed by atoms with van der Waals surface area (Å²) in [5.41, 5.74) is 4.19. The van der Waals surface area contributed by atoms with Gasteiger partial charge in [0.05, 0.1) is 16.6 Å². The highest BCUT2D eigenvalue weighted by molar-refractivity contribution is 5.90. The van der Waals surface area contributed by atoms with E-state index in [4.69, 9.17) is 4.74 Å². The van der Waals surface area contributed by atoms with Crippen molar-refractivity contribution in [3.8, 4) is 11.8 Å². The van der Waals surface area contributed by atoms with Crippen molar-refractivity contribution < 1.29 is 9.66 Å². The zero-order chi connectivity index (χ0) is 22.4. The van der Waals surface area contributed by atoms with E-state index in [1.165, 1.54) is 17.7 Å². The van der Waals surface area contributed by atoms with Gasteiger partial charge in [-0.25, -0.2) is 0 Å². The van der Waals surface area contributed by atoms with Crippen LogP contribution < -0.4 is 4.74 Å². The van der Waals surface area contributed by atoms with E-state index in [1.54, 1.807) is 18.2 Å². The van der Waals surface area contributed by atoms with E-state index in [9.17, 15) is 15.4 Å². The van der Waals surface area contributed by atoms with Crippen molar-refractivity contribution in [2.45, 2.75) is 32.8 Å². The van der Waals surface area contributed by atoms with Crippen LogP contribution in [0.25, 0.3) is 11.6 Å². The van der Waals surface area contributed by atoms with Crippen molar-refractivity contribution >= 4 is 17.3 Å². The van der Waals surface area contributed by atoms with Gasteiger partial charge in [0.15, 0.2) is 0 Å². The molecule has 156 valence electrons. The largest absolute Gasteiger partial charge is 0.488 e. The van der Waals surface area contributed by atoms with Gasteiger partial charge in [0.1, 0.15) is 12.4 Å². The molecule has 0 heterocycles. The molecule has 0 aliphatic carbocycles. The summed E-state index contributed by atoms with van der Waals surface area (Å²) in [7, 11) is 0. The van der Waals surface area contributed by atoms with Crippen LogP contribution in [-0.2, 0) is 12.0 Å². The molecule has 0 saturated carbocycles. The molecule has 5 nitrogen and oxygen atoms in total. The van der Waals surface area contributed by atoms with Crippen molar-refractivity contribution in [1.29, 1.82) is 5.26 Å². The zero-order valence-corrected chi connectivity index (χ0v) is 17.8. The van der Waals surface area contributed by atoms with Gasteiger partial charge in [-0.2, -0.15) is 5.26 Å². The van der Waals surface area contributed by atoms with Crippen LogP contribution in [0.5, 0.6) is 5.75 Å². The molecule has 0 spiro atoms. The minimum absolute atomic E-state index is 0.0118. The molecule has 3 rings (SSSR count). The Morgan fingerprint density at radius 1 is 1.03 bits per heavy atom. The molecule has 0 unspecified atom stereocenters. The molecule has 3 aromatic carbocycles. The smallest absolute Gasteiger partial charge is 0.269 e. The lowest BCUT2D eigenvalue weighted by Crippen LogP contribution is -2.10. The summed E-state index contributed by atoms with van der Waals surface area (Å²) in [5, 5.41) is 20.5. The molecular weight excluding hydrogens is 388 g/mol. The Morgan fingerprint density at radius 2 is 1.68 bits per heavy atom. The van der Waals surface area contributed by atoms with E-state index >= 15 is 0 Å². The summed E-state index contributed by atoms with van der Waals surface area (Å²) in [6.45, 7) is 6.95. The van der Waals surface area contributed by atoms with E-state index < -0.39 is 4.92 Å². The molecule has 0 saturated heterocycles. The predicted octanol–water partition coefficient (Wildman–Crippen LogP) is 6.54. The van der Waals surface area contributed by atoms with E-state index in [2.05, 4.69) is 51.1 Å². The maximum atomic E-state index is 10.9. The standard InChI is InChI=1S/C26H24N2O3/c1-26(2,3)23-12-8-19(9-13-23)18-31-25-7-5-4-6-21(25)16-22(17-27)20-10-14-24(15-11-20)28(29)30/h4-16H,18H2,1-3H3. The first-order valence-corrected chi connectivity index (χ1v) is 9.96. The maximum absolute atomic E-state index is 10.9. The Labute approximate surface area is 182 Å².